The molecule has 0 aliphatic carbocycles. The van der Waals surface area contributed by atoms with Crippen LogP contribution in [0.15, 0.2) is 35.9 Å². The summed E-state index contributed by atoms with van der Waals surface area (Å²) in [5.41, 5.74) is 1.84. The lowest BCUT2D eigenvalue weighted by atomic mass is 10.1. The van der Waals surface area contributed by atoms with E-state index in [1.54, 1.807) is 0 Å². The molecular formula is C14H17NO2. The highest BCUT2D eigenvalue weighted by Gasteiger charge is 2.17. The predicted molar refractivity (Wildman–Crippen MR) is 67.5 cm³/mol. The number of benzene rings is 1. The highest BCUT2D eigenvalue weighted by atomic mass is 16.5. The Labute approximate surface area is 102 Å². The minimum absolute atomic E-state index is 0.108. The molecule has 3 heteroatoms. The van der Waals surface area contributed by atoms with Crippen LogP contribution in [-0.2, 0) is 9.53 Å². The van der Waals surface area contributed by atoms with Crippen molar-refractivity contribution in [2.24, 2.45) is 0 Å². The molecular weight excluding hydrogens is 214 g/mol. The maximum atomic E-state index is 12.1. The van der Waals surface area contributed by atoms with E-state index in [4.69, 9.17) is 4.74 Å². The lowest BCUT2D eigenvalue weighted by Gasteiger charge is -2.27. The number of rotatable bonds is 2. The molecule has 0 unspecified atom stereocenters. The number of amides is 1. The van der Waals surface area contributed by atoms with Gasteiger partial charge in [-0.1, -0.05) is 30.3 Å². The largest absolute Gasteiger partial charge is 0.378 e. The molecule has 0 aromatic heterocycles. The topological polar surface area (TPSA) is 29.5 Å². The van der Waals surface area contributed by atoms with Crippen molar-refractivity contribution in [1.29, 1.82) is 0 Å². The number of hydrogen-bond donors (Lipinski definition) is 0. The van der Waals surface area contributed by atoms with E-state index >= 15 is 0 Å². The molecule has 17 heavy (non-hydrogen) atoms. The summed E-state index contributed by atoms with van der Waals surface area (Å²) >= 11 is 0. The molecule has 1 fully saturated rings. The van der Waals surface area contributed by atoms with Crippen LogP contribution in [0, 0.1) is 0 Å². The van der Waals surface area contributed by atoms with E-state index in [-0.39, 0.29) is 5.91 Å². The Kier molecular flexibility index (Phi) is 3.94. The third-order valence-corrected chi connectivity index (χ3v) is 2.82. The SMILES string of the molecule is C/C(=C\c1ccccc1)C(=O)N1CCOCC1. The second-order valence-corrected chi connectivity index (χ2v) is 4.14. The van der Waals surface area contributed by atoms with Crippen LogP contribution in [0.4, 0.5) is 0 Å². The fourth-order valence-corrected chi connectivity index (χ4v) is 1.88. The lowest BCUT2D eigenvalue weighted by Crippen LogP contribution is -2.41. The lowest BCUT2D eigenvalue weighted by molar-refractivity contribution is -0.130. The highest BCUT2D eigenvalue weighted by molar-refractivity contribution is 5.97. The van der Waals surface area contributed by atoms with Crippen LogP contribution in [0.1, 0.15) is 12.5 Å². The Morgan fingerprint density at radius 3 is 2.53 bits per heavy atom. The first kappa shape index (κ1) is 11.9. The van der Waals surface area contributed by atoms with Gasteiger partial charge in [0.2, 0.25) is 5.91 Å². The molecule has 1 aliphatic heterocycles. The van der Waals surface area contributed by atoms with Gasteiger partial charge >= 0.3 is 0 Å². The van der Waals surface area contributed by atoms with Crippen molar-refractivity contribution in [3.63, 3.8) is 0 Å². The minimum atomic E-state index is 0.108. The van der Waals surface area contributed by atoms with E-state index in [0.717, 1.165) is 11.1 Å². The first-order valence-electron chi connectivity index (χ1n) is 5.88. The van der Waals surface area contributed by atoms with Gasteiger partial charge in [-0.2, -0.15) is 0 Å². The molecule has 0 bridgehead atoms. The molecule has 0 N–H and O–H groups in total. The van der Waals surface area contributed by atoms with Crippen LogP contribution < -0.4 is 0 Å². The third kappa shape index (κ3) is 3.17. The summed E-state index contributed by atoms with van der Waals surface area (Å²) in [7, 11) is 0. The number of carbonyl (C=O) groups excluding carboxylic acids is 1. The van der Waals surface area contributed by atoms with Gasteiger partial charge in [0.05, 0.1) is 13.2 Å². The first-order chi connectivity index (χ1) is 8.27. The molecule has 1 heterocycles. The average molecular weight is 231 g/mol. The number of morpholine rings is 1. The van der Waals surface area contributed by atoms with Crippen LogP contribution in [0.2, 0.25) is 0 Å². The minimum Gasteiger partial charge on any atom is -0.378 e. The van der Waals surface area contributed by atoms with Crippen molar-refractivity contribution in [2.75, 3.05) is 26.3 Å². The average Bonchev–Trinajstić information content (AvgIpc) is 2.40. The van der Waals surface area contributed by atoms with E-state index in [1.807, 2.05) is 48.2 Å². The van der Waals surface area contributed by atoms with Gasteiger partial charge in [-0.05, 0) is 18.6 Å². The van der Waals surface area contributed by atoms with E-state index in [2.05, 4.69) is 0 Å². The smallest absolute Gasteiger partial charge is 0.249 e. The van der Waals surface area contributed by atoms with Gasteiger partial charge in [0.15, 0.2) is 0 Å². The molecule has 2 rings (SSSR count). The molecule has 1 saturated heterocycles. The summed E-state index contributed by atoms with van der Waals surface area (Å²) in [6.07, 6.45) is 1.93. The summed E-state index contributed by atoms with van der Waals surface area (Å²) in [6, 6.07) is 9.90. The number of nitrogens with zero attached hydrogens (tertiary/aromatic N) is 1. The van der Waals surface area contributed by atoms with Crippen LogP contribution in [0.25, 0.3) is 6.08 Å². The van der Waals surface area contributed by atoms with Crippen molar-refractivity contribution in [3.8, 4) is 0 Å². The zero-order chi connectivity index (χ0) is 12.1. The number of ether oxygens (including phenoxy) is 1. The van der Waals surface area contributed by atoms with Gasteiger partial charge in [-0.3, -0.25) is 4.79 Å². The predicted octanol–water partition coefficient (Wildman–Crippen LogP) is 1.95. The monoisotopic (exact) mass is 231 g/mol. The van der Waals surface area contributed by atoms with Crippen LogP contribution in [0.3, 0.4) is 0 Å². The van der Waals surface area contributed by atoms with Gasteiger partial charge in [0, 0.05) is 18.7 Å². The van der Waals surface area contributed by atoms with E-state index in [9.17, 15) is 4.79 Å². The molecule has 0 spiro atoms. The summed E-state index contributed by atoms with van der Waals surface area (Å²) in [5.74, 6) is 0.108. The molecule has 1 aromatic rings. The fourth-order valence-electron chi connectivity index (χ4n) is 1.88. The summed E-state index contributed by atoms with van der Waals surface area (Å²) in [5, 5.41) is 0. The Hall–Kier alpha value is -1.61. The zero-order valence-electron chi connectivity index (χ0n) is 10.1. The van der Waals surface area contributed by atoms with Crippen LogP contribution >= 0.6 is 0 Å². The van der Waals surface area contributed by atoms with Crippen molar-refractivity contribution in [2.45, 2.75) is 6.92 Å². The summed E-state index contributed by atoms with van der Waals surface area (Å²) in [6.45, 7) is 4.54. The molecule has 3 nitrogen and oxygen atoms in total. The summed E-state index contributed by atoms with van der Waals surface area (Å²) < 4.78 is 5.23. The van der Waals surface area contributed by atoms with E-state index in [1.165, 1.54) is 0 Å². The zero-order valence-corrected chi connectivity index (χ0v) is 10.1. The molecule has 0 radical (unpaired) electrons. The molecule has 1 amide bonds. The fraction of sp³-hybridized carbons (Fsp3) is 0.357. The number of carbonyl (C=O) groups is 1. The number of hydrogen-bond acceptors (Lipinski definition) is 2. The van der Waals surface area contributed by atoms with Gasteiger partial charge in [0.25, 0.3) is 0 Å². The maximum absolute atomic E-state index is 12.1. The Morgan fingerprint density at radius 1 is 1.24 bits per heavy atom. The third-order valence-electron chi connectivity index (χ3n) is 2.82. The van der Waals surface area contributed by atoms with E-state index < -0.39 is 0 Å². The quantitative estimate of drug-likeness (QED) is 0.728. The maximum Gasteiger partial charge on any atom is 0.249 e. The van der Waals surface area contributed by atoms with Crippen molar-refractivity contribution in [1.82, 2.24) is 4.90 Å². The molecule has 0 atom stereocenters. The van der Waals surface area contributed by atoms with Gasteiger partial charge < -0.3 is 9.64 Å². The van der Waals surface area contributed by atoms with Gasteiger partial charge in [-0.15, -0.1) is 0 Å². The Bertz CT molecular complexity index is 405. The van der Waals surface area contributed by atoms with Crippen molar-refractivity contribution in [3.05, 3.63) is 41.5 Å². The van der Waals surface area contributed by atoms with Crippen molar-refractivity contribution < 1.29 is 9.53 Å². The Balaban J connectivity index is 2.06. The molecule has 0 saturated carbocycles. The van der Waals surface area contributed by atoms with Crippen LogP contribution in [0.5, 0.6) is 0 Å². The second kappa shape index (κ2) is 5.64. The van der Waals surface area contributed by atoms with Gasteiger partial charge in [0.1, 0.15) is 0 Å². The molecule has 90 valence electrons. The second-order valence-electron chi connectivity index (χ2n) is 4.14. The standard InChI is InChI=1S/C14H17NO2/c1-12(11-13-5-3-2-4-6-13)14(16)15-7-9-17-10-8-15/h2-6,11H,7-10H2,1H3/b12-11+. The van der Waals surface area contributed by atoms with E-state index in [0.29, 0.717) is 26.3 Å². The van der Waals surface area contributed by atoms with Crippen LogP contribution in [-0.4, -0.2) is 37.1 Å². The van der Waals surface area contributed by atoms with Gasteiger partial charge in [-0.25, -0.2) is 0 Å². The summed E-state index contributed by atoms with van der Waals surface area (Å²) in [4.78, 5) is 14.0. The molecule has 1 aromatic carbocycles. The first-order valence-corrected chi connectivity index (χ1v) is 5.88. The normalized spacial score (nSPS) is 17.0. The molecule has 1 aliphatic rings. The highest BCUT2D eigenvalue weighted by Crippen LogP contribution is 2.10. The Morgan fingerprint density at radius 2 is 1.88 bits per heavy atom. The van der Waals surface area contributed by atoms with Crippen molar-refractivity contribution >= 4 is 12.0 Å².